The van der Waals surface area contributed by atoms with Gasteiger partial charge in [-0.05, 0) is 29.7 Å². The van der Waals surface area contributed by atoms with Gasteiger partial charge in [-0.25, -0.2) is 0 Å². The van der Waals surface area contributed by atoms with E-state index in [0.29, 0.717) is 5.25 Å². The molecule has 98 valence electrons. The molecule has 0 saturated carbocycles. The van der Waals surface area contributed by atoms with E-state index < -0.39 is 0 Å². The second kappa shape index (κ2) is 6.12. The Kier molecular flexibility index (Phi) is 4.49. The van der Waals surface area contributed by atoms with Gasteiger partial charge in [0.05, 0.1) is 0 Å². The minimum Gasteiger partial charge on any atom is -0.123 e. The molecule has 19 heavy (non-hydrogen) atoms. The molecule has 0 spiro atoms. The van der Waals surface area contributed by atoms with Crippen molar-refractivity contribution in [2.75, 3.05) is 0 Å². The SMILES string of the molecule is C=C(c1ccc(C)cc1)c1ccccc1SC(C)C. The third-order valence-corrected chi connectivity index (χ3v) is 4.06. The molecule has 2 aromatic carbocycles. The average molecular weight is 268 g/mol. The summed E-state index contributed by atoms with van der Waals surface area (Å²) in [6.07, 6.45) is 0. The summed E-state index contributed by atoms with van der Waals surface area (Å²) in [5.41, 5.74) is 4.82. The number of thioether (sulfide) groups is 1. The summed E-state index contributed by atoms with van der Waals surface area (Å²) in [4.78, 5) is 1.31. The molecular formula is C18H20S. The first-order valence-electron chi connectivity index (χ1n) is 6.60. The molecule has 0 saturated heterocycles. The average Bonchev–Trinajstić information content (AvgIpc) is 2.39. The maximum Gasteiger partial charge on any atom is 0.0153 e. The van der Waals surface area contributed by atoms with Gasteiger partial charge < -0.3 is 0 Å². The Bertz CT molecular complexity index is 564. The summed E-state index contributed by atoms with van der Waals surface area (Å²) < 4.78 is 0. The molecule has 2 aromatic rings. The van der Waals surface area contributed by atoms with Crippen molar-refractivity contribution < 1.29 is 0 Å². The monoisotopic (exact) mass is 268 g/mol. The fourth-order valence-corrected chi connectivity index (χ4v) is 2.97. The minimum atomic E-state index is 0.576. The zero-order valence-electron chi connectivity index (χ0n) is 11.8. The third kappa shape index (κ3) is 3.51. The van der Waals surface area contributed by atoms with Gasteiger partial charge in [0.1, 0.15) is 0 Å². The van der Waals surface area contributed by atoms with Gasteiger partial charge >= 0.3 is 0 Å². The van der Waals surface area contributed by atoms with Crippen LogP contribution in [-0.4, -0.2) is 5.25 Å². The zero-order valence-corrected chi connectivity index (χ0v) is 12.6. The summed E-state index contributed by atoms with van der Waals surface area (Å²) in [5, 5.41) is 0.576. The quantitative estimate of drug-likeness (QED) is 0.654. The van der Waals surface area contributed by atoms with E-state index in [2.05, 4.69) is 75.9 Å². The van der Waals surface area contributed by atoms with E-state index in [-0.39, 0.29) is 0 Å². The second-order valence-electron chi connectivity index (χ2n) is 5.01. The number of hydrogen-bond acceptors (Lipinski definition) is 1. The highest BCUT2D eigenvalue weighted by molar-refractivity contribution is 8.00. The molecule has 0 unspecified atom stereocenters. The molecule has 1 heteroatoms. The first kappa shape index (κ1) is 14.0. The fraction of sp³-hybridized carbons (Fsp3) is 0.222. The normalized spacial score (nSPS) is 10.7. The third-order valence-electron chi connectivity index (χ3n) is 2.97. The number of hydrogen-bond donors (Lipinski definition) is 0. The van der Waals surface area contributed by atoms with E-state index >= 15 is 0 Å². The van der Waals surface area contributed by atoms with Crippen LogP contribution in [-0.2, 0) is 0 Å². The van der Waals surface area contributed by atoms with E-state index in [1.165, 1.54) is 21.6 Å². The maximum atomic E-state index is 4.28. The lowest BCUT2D eigenvalue weighted by Crippen LogP contribution is -1.93. The second-order valence-corrected chi connectivity index (χ2v) is 6.63. The lowest BCUT2D eigenvalue weighted by molar-refractivity contribution is 1.11. The molecular weight excluding hydrogens is 248 g/mol. The molecule has 0 aliphatic rings. The minimum absolute atomic E-state index is 0.576. The van der Waals surface area contributed by atoms with Crippen molar-refractivity contribution in [3.8, 4) is 0 Å². The van der Waals surface area contributed by atoms with Crippen molar-refractivity contribution in [3.05, 3.63) is 71.8 Å². The van der Waals surface area contributed by atoms with Crippen molar-refractivity contribution >= 4 is 17.3 Å². The van der Waals surface area contributed by atoms with Crippen molar-refractivity contribution in [3.63, 3.8) is 0 Å². The molecule has 0 nitrogen and oxygen atoms in total. The van der Waals surface area contributed by atoms with Gasteiger partial charge in [0.15, 0.2) is 0 Å². The highest BCUT2D eigenvalue weighted by Gasteiger charge is 2.09. The molecule has 0 fully saturated rings. The molecule has 0 heterocycles. The molecule has 0 aliphatic carbocycles. The van der Waals surface area contributed by atoms with Gasteiger partial charge in [-0.3, -0.25) is 0 Å². The Labute approximate surface area is 120 Å². The van der Waals surface area contributed by atoms with Crippen LogP contribution in [0.2, 0.25) is 0 Å². The van der Waals surface area contributed by atoms with E-state index in [1.54, 1.807) is 0 Å². The van der Waals surface area contributed by atoms with Crippen LogP contribution in [0, 0.1) is 6.92 Å². The van der Waals surface area contributed by atoms with Crippen LogP contribution in [0.4, 0.5) is 0 Å². The van der Waals surface area contributed by atoms with Gasteiger partial charge in [0, 0.05) is 10.1 Å². The molecule has 0 N–H and O–H groups in total. The Morgan fingerprint density at radius 1 is 1.00 bits per heavy atom. The lowest BCUT2D eigenvalue weighted by atomic mass is 9.99. The molecule has 0 amide bonds. The Morgan fingerprint density at radius 2 is 1.63 bits per heavy atom. The molecule has 2 rings (SSSR count). The zero-order chi connectivity index (χ0) is 13.8. The van der Waals surface area contributed by atoms with Crippen molar-refractivity contribution in [1.29, 1.82) is 0 Å². The van der Waals surface area contributed by atoms with Crippen LogP contribution in [0.15, 0.2) is 60.0 Å². The molecule has 0 bridgehead atoms. The highest BCUT2D eigenvalue weighted by Crippen LogP contribution is 2.33. The van der Waals surface area contributed by atoms with Crippen LogP contribution in [0.3, 0.4) is 0 Å². The van der Waals surface area contributed by atoms with Crippen molar-refractivity contribution in [1.82, 2.24) is 0 Å². The predicted octanol–water partition coefficient (Wildman–Crippen LogP) is 5.56. The molecule has 0 radical (unpaired) electrons. The molecule has 0 aromatic heterocycles. The van der Waals surface area contributed by atoms with Gasteiger partial charge in [-0.15, -0.1) is 11.8 Å². The standard InChI is InChI=1S/C18H20S/c1-13(2)19-18-8-6-5-7-17(18)15(4)16-11-9-14(3)10-12-16/h5-13H,4H2,1-3H3. The maximum absolute atomic E-state index is 4.28. The highest BCUT2D eigenvalue weighted by atomic mass is 32.2. The largest absolute Gasteiger partial charge is 0.123 e. The number of aryl methyl sites for hydroxylation is 1. The Hall–Kier alpha value is -1.47. The summed E-state index contributed by atoms with van der Waals surface area (Å²) >= 11 is 1.89. The van der Waals surface area contributed by atoms with Crippen LogP contribution in [0.1, 0.15) is 30.5 Å². The van der Waals surface area contributed by atoms with Crippen LogP contribution >= 0.6 is 11.8 Å². The predicted molar refractivity (Wildman–Crippen MR) is 86.8 cm³/mol. The Balaban J connectivity index is 2.35. The van der Waals surface area contributed by atoms with Gasteiger partial charge in [0.2, 0.25) is 0 Å². The van der Waals surface area contributed by atoms with Gasteiger partial charge in [-0.2, -0.15) is 0 Å². The van der Waals surface area contributed by atoms with Crippen molar-refractivity contribution in [2.45, 2.75) is 30.9 Å². The van der Waals surface area contributed by atoms with E-state index in [1.807, 2.05) is 11.8 Å². The molecule has 0 atom stereocenters. The Morgan fingerprint density at radius 3 is 2.26 bits per heavy atom. The first-order valence-corrected chi connectivity index (χ1v) is 7.48. The van der Waals surface area contributed by atoms with E-state index in [0.717, 1.165) is 5.57 Å². The summed E-state index contributed by atoms with van der Waals surface area (Å²) in [7, 11) is 0. The number of benzene rings is 2. The van der Waals surface area contributed by atoms with Crippen LogP contribution < -0.4 is 0 Å². The van der Waals surface area contributed by atoms with Crippen LogP contribution in [0.5, 0.6) is 0 Å². The fourth-order valence-electron chi connectivity index (χ4n) is 1.98. The first-order chi connectivity index (χ1) is 9.08. The summed E-state index contributed by atoms with van der Waals surface area (Å²) in [6.45, 7) is 10.8. The van der Waals surface area contributed by atoms with Crippen LogP contribution in [0.25, 0.3) is 5.57 Å². The smallest absolute Gasteiger partial charge is 0.0153 e. The summed E-state index contributed by atoms with van der Waals surface area (Å²) in [6, 6.07) is 17.1. The van der Waals surface area contributed by atoms with Crippen molar-refractivity contribution in [2.24, 2.45) is 0 Å². The number of rotatable bonds is 4. The van der Waals surface area contributed by atoms with Gasteiger partial charge in [-0.1, -0.05) is 68.5 Å². The van der Waals surface area contributed by atoms with E-state index in [4.69, 9.17) is 0 Å². The molecule has 0 aliphatic heterocycles. The lowest BCUT2D eigenvalue weighted by Gasteiger charge is -2.13. The van der Waals surface area contributed by atoms with E-state index in [9.17, 15) is 0 Å². The topological polar surface area (TPSA) is 0 Å². The van der Waals surface area contributed by atoms with Gasteiger partial charge in [0.25, 0.3) is 0 Å². The summed E-state index contributed by atoms with van der Waals surface area (Å²) in [5.74, 6) is 0.